The molecule has 0 amide bonds. The molecule has 3 atom stereocenters. The molecule has 0 aromatic carbocycles. The largest absolute Gasteiger partial charge is 0.382 e. The smallest absolute Gasteiger partial charge is 0.0685 e. The summed E-state index contributed by atoms with van der Waals surface area (Å²) in [5.74, 6) is 0.631. The fourth-order valence-corrected chi connectivity index (χ4v) is 3.02. The summed E-state index contributed by atoms with van der Waals surface area (Å²) in [5.41, 5.74) is 6.51. The molecule has 1 saturated carbocycles. The molecule has 0 bridgehead atoms. The van der Waals surface area contributed by atoms with Crippen LogP contribution in [0.5, 0.6) is 0 Å². The molecule has 2 N–H and O–H groups in total. The molecule has 2 fully saturated rings. The van der Waals surface area contributed by atoms with E-state index in [4.69, 9.17) is 15.2 Å². The third-order valence-corrected chi connectivity index (χ3v) is 4.41. The maximum Gasteiger partial charge on any atom is 0.0685 e. The third-order valence-electron chi connectivity index (χ3n) is 4.41. The van der Waals surface area contributed by atoms with Crippen LogP contribution in [0.4, 0.5) is 0 Å². The minimum atomic E-state index is 0.219. The Bertz CT molecular complexity index is 228. The van der Waals surface area contributed by atoms with Crippen LogP contribution >= 0.6 is 0 Å². The van der Waals surface area contributed by atoms with Gasteiger partial charge in [0.05, 0.1) is 11.7 Å². The van der Waals surface area contributed by atoms with Crippen LogP contribution < -0.4 is 5.73 Å². The van der Waals surface area contributed by atoms with Crippen LogP contribution in [0.3, 0.4) is 0 Å². The Balaban J connectivity index is 1.84. The topological polar surface area (TPSA) is 44.5 Å². The lowest BCUT2D eigenvalue weighted by Gasteiger charge is -2.48. The van der Waals surface area contributed by atoms with Gasteiger partial charge in [-0.15, -0.1) is 0 Å². The van der Waals surface area contributed by atoms with Crippen molar-refractivity contribution in [2.75, 3.05) is 13.7 Å². The molecule has 1 heterocycles. The van der Waals surface area contributed by atoms with Crippen LogP contribution in [0, 0.1) is 5.92 Å². The van der Waals surface area contributed by atoms with Gasteiger partial charge in [0.25, 0.3) is 0 Å². The second-order valence-corrected chi connectivity index (χ2v) is 5.58. The van der Waals surface area contributed by atoms with Crippen molar-refractivity contribution < 1.29 is 9.47 Å². The van der Waals surface area contributed by atoms with Gasteiger partial charge in [-0.3, -0.25) is 0 Å². The number of nitrogens with two attached hydrogens (primary N) is 1. The van der Waals surface area contributed by atoms with E-state index in [1.807, 2.05) is 0 Å². The van der Waals surface area contributed by atoms with Gasteiger partial charge in [-0.1, -0.05) is 0 Å². The number of ether oxygens (including phenoxy) is 2. The van der Waals surface area contributed by atoms with Gasteiger partial charge in [0.1, 0.15) is 0 Å². The average molecular weight is 227 g/mol. The summed E-state index contributed by atoms with van der Waals surface area (Å²) in [6, 6.07) is 0.274. The van der Waals surface area contributed by atoms with Gasteiger partial charge in [-0.05, 0) is 51.4 Å². The molecular formula is C13H25NO2. The predicted octanol–water partition coefficient (Wildman–Crippen LogP) is 2.09. The highest BCUT2D eigenvalue weighted by atomic mass is 16.5. The zero-order valence-corrected chi connectivity index (χ0v) is 10.6. The molecule has 1 aliphatic heterocycles. The van der Waals surface area contributed by atoms with Gasteiger partial charge < -0.3 is 15.2 Å². The summed E-state index contributed by atoms with van der Waals surface area (Å²) in [6.45, 7) is 3.00. The van der Waals surface area contributed by atoms with Gasteiger partial charge in [-0.2, -0.15) is 0 Å². The normalized spacial score (nSPS) is 32.1. The lowest BCUT2D eigenvalue weighted by atomic mass is 9.70. The lowest BCUT2D eigenvalue weighted by Crippen LogP contribution is -2.49. The predicted molar refractivity (Wildman–Crippen MR) is 64.3 cm³/mol. The summed E-state index contributed by atoms with van der Waals surface area (Å²) < 4.78 is 11.2. The van der Waals surface area contributed by atoms with Gasteiger partial charge in [-0.25, -0.2) is 0 Å². The van der Waals surface area contributed by atoms with Crippen molar-refractivity contribution in [3.8, 4) is 0 Å². The number of methoxy groups -OCH3 is 1. The molecular weight excluding hydrogens is 202 g/mol. The van der Waals surface area contributed by atoms with Crippen molar-refractivity contribution in [1.29, 1.82) is 0 Å². The summed E-state index contributed by atoms with van der Waals surface area (Å²) in [6.07, 6.45) is 7.36. The SMILES string of the molecule is COC(C)CC(N)C1CCOC2(CCC2)C1. The average Bonchev–Trinajstić information content (AvgIpc) is 2.27. The molecule has 1 spiro atoms. The molecule has 2 aliphatic rings. The van der Waals surface area contributed by atoms with Gasteiger partial charge in [0.15, 0.2) is 0 Å². The molecule has 16 heavy (non-hydrogen) atoms. The fourth-order valence-electron chi connectivity index (χ4n) is 3.02. The maximum atomic E-state index is 6.29. The summed E-state index contributed by atoms with van der Waals surface area (Å²) in [7, 11) is 1.76. The van der Waals surface area contributed by atoms with E-state index in [-0.39, 0.29) is 17.7 Å². The van der Waals surface area contributed by atoms with Gasteiger partial charge in [0.2, 0.25) is 0 Å². The number of rotatable bonds is 4. The number of hydrogen-bond acceptors (Lipinski definition) is 3. The van der Waals surface area contributed by atoms with Crippen LogP contribution in [0.25, 0.3) is 0 Å². The van der Waals surface area contributed by atoms with E-state index in [0.717, 1.165) is 19.4 Å². The van der Waals surface area contributed by atoms with Crippen LogP contribution in [0.2, 0.25) is 0 Å². The summed E-state index contributed by atoms with van der Waals surface area (Å²) in [5, 5.41) is 0. The van der Waals surface area contributed by atoms with Crippen LogP contribution in [0.15, 0.2) is 0 Å². The first-order valence-corrected chi connectivity index (χ1v) is 6.57. The van der Waals surface area contributed by atoms with Crippen molar-refractivity contribution in [3.05, 3.63) is 0 Å². The Hall–Kier alpha value is -0.120. The van der Waals surface area contributed by atoms with Crippen molar-refractivity contribution in [2.45, 2.75) is 63.2 Å². The quantitative estimate of drug-likeness (QED) is 0.800. The van der Waals surface area contributed by atoms with Crippen LogP contribution in [-0.4, -0.2) is 31.5 Å². The molecule has 3 unspecified atom stereocenters. The Labute approximate surface area is 98.7 Å². The van der Waals surface area contributed by atoms with Crippen LogP contribution in [-0.2, 0) is 9.47 Å². The molecule has 3 nitrogen and oxygen atoms in total. The first-order valence-electron chi connectivity index (χ1n) is 6.57. The molecule has 0 aromatic rings. The molecule has 0 radical (unpaired) electrons. The molecule has 0 aromatic heterocycles. The molecule has 1 aliphatic carbocycles. The Kier molecular flexibility index (Phi) is 3.88. The fraction of sp³-hybridized carbons (Fsp3) is 1.00. The van der Waals surface area contributed by atoms with E-state index in [1.165, 1.54) is 25.7 Å². The standard InChI is InChI=1S/C13H25NO2/c1-10(15-2)8-12(14)11-4-7-16-13(9-11)5-3-6-13/h10-12H,3-9,14H2,1-2H3. The van der Waals surface area contributed by atoms with Crippen molar-refractivity contribution in [2.24, 2.45) is 11.7 Å². The van der Waals surface area contributed by atoms with E-state index in [1.54, 1.807) is 7.11 Å². The Morgan fingerprint density at radius 2 is 2.25 bits per heavy atom. The highest BCUT2D eigenvalue weighted by molar-refractivity contribution is 4.96. The highest BCUT2D eigenvalue weighted by Gasteiger charge is 2.43. The molecule has 1 saturated heterocycles. The van der Waals surface area contributed by atoms with Crippen molar-refractivity contribution >= 4 is 0 Å². The van der Waals surface area contributed by atoms with Crippen LogP contribution in [0.1, 0.15) is 45.4 Å². The van der Waals surface area contributed by atoms with E-state index in [2.05, 4.69) is 6.92 Å². The number of hydrogen-bond donors (Lipinski definition) is 1. The molecule has 2 rings (SSSR count). The second kappa shape index (κ2) is 5.03. The van der Waals surface area contributed by atoms with E-state index in [0.29, 0.717) is 5.92 Å². The minimum Gasteiger partial charge on any atom is -0.382 e. The molecule has 94 valence electrons. The van der Waals surface area contributed by atoms with E-state index in [9.17, 15) is 0 Å². The minimum absolute atomic E-state index is 0.219. The monoisotopic (exact) mass is 227 g/mol. The van der Waals surface area contributed by atoms with Crippen molar-refractivity contribution in [3.63, 3.8) is 0 Å². The van der Waals surface area contributed by atoms with E-state index >= 15 is 0 Å². The van der Waals surface area contributed by atoms with Crippen molar-refractivity contribution in [1.82, 2.24) is 0 Å². The highest BCUT2D eigenvalue weighted by Crippen LogP contribution is 2.45. The third kappa shape index (κ3) is 2.58. The van der Waals surface area contributed by atoms with Gasteiger partial charge >= 0.3 is 0 Å². The summed E-state index contributed by atoms with van der Waals surface area (Å²) in [4.78, 5) is 0. The zero-order valence-electron chi connectivity index (χ0n) is 10.6. The summed E-state index contributed by atoms with van der Waals surface area (Å²) >= 11 is 0. The first-order chi connectivity index (χ1) is 7.65. The molecule has 3 heteroatoms. The Morgan fingerprint density at radius 1 is 1.50 bits per heavy atom. The lowest BCUT2D eigenvalue weighted by molar-refractivity contribution is -0.146. The van der Waals surface area contributed by atoms with E-state index < -0.39 is 0 Å². The second-order valence-electron chi connectivity index (χ2n) is 5.58. The van der Waals surface area contributed by atoms with Gasteiger partial charge in [0, 0.05) is 19.8 Å². The zero-order chi connectivity index (χ0) is 11.6. The first kappa shape index (κ1) is 12.3. The maximum absolute atomic E-state index is 6.29. The Morgan fingerprint density at radius 3 is 2.81 bits per heavy atom.